The number of aromatic nitrogens is 1. The third-order valence-corrected chi connectivity index (χ3v) is 5.98. The molecular weight excluding hydrogens is 315 g/mol. The van der Waals surface area contributed by atoms with E-state index in [2.05, 4.69) is 4.98 Å². The maximum atomic E-state index is 12.2. The van der Waals surface area contributed by atoms with Crippen LogP contribution in [0.15, 0.2) is 42.6 Å². The molecule has 1 aromatic heterocycles. The SMILES string of the molecule is Cc1ncccc1C[AsH]N1C(=O)c2ccccc2C1=O. The molecule has 0 radical (unpaired) electrons. The van der Waals surface area contributed by atoms with Crippen LogP contribution in [0.1, 0.15) is 32.0 Å². The van der Waals surface area contributed by atoms with Gasteiger partial charge < -0.3 is 0 Å². The van der Waals surface area contributed by atoms with Gasteiger partial charge in [-0.2, -0.15) is 0 Å². The van der Waals surface area contributed by atoms with Gasteiger partial charge in [-0.25, -0.2) is 0 Å². The number of benzene rings is 1. The van der Waals surface area contributed by atoms with Gasteiger partial charge in [0.25, 0.3) is 0 Å². The molecule has 1 aliphatic heterocycles. The van der Waals surface area contributed by atoms with Crippen molar-refractivity contribution in [3.05, 3.63) is 65.0 Å². The van der Waals surface area contributed by atoms with E-state index in [1.807, 2.05) is 19.1 Å². The van der Waals surface area contributed by atoms with Crippen LogP contribution in [-0.2, 0) is 5.21 Å². The molecule has 1 atom stereocenters. The average molecular weight is 328 g/mol. The summed E-state index contributed by atoms with van der Waals surface area (Å²) < 4.78 is 1.44. The first-order valence-electron chi connectivity index (χ1n) is 6.30. The summed E-state index contributed by atoms with van der Waals surface area (Å²) in [5, 5.41) is 0.755. The van der Waals surface area contributed by atoms with E-state index in [1.54, 1.807) is 30.5 Å². The maximum absolute atomic E-state index is 12.2. The van der Waals surface area contributed by atoms with Crippen molar-refractivity contribution in [2.24, 2.45) is 0 Å². The number of fused-ring (bicyclic) bond motifs is 1. The monoisotopic (exact) mass is 328 g/mol. The van der Waals surface area contributed by atoms with Gasteiger partial charge in [0.1, 0.15) is 0 Å². The molecule has 1 aliphatic rings. The number of hydrogen-bond acceptors (Lipinski definition) is 3. The number of carbonyl (C=O) groups excluding carboxylic acids is 2. The fourth-order valence-corrected chi connectivity index (χ4v) is 4.78. The second kappa shape index (κ2) is 5.22. The van der Waals surface area contributed by atoms with Crippen molar-refractivity contribution in [1.82, 2.24) is 8.80 Å². The third-order valence-electron chi connectivity index (χ3n) is 3.34. The van der Waals surface area contributed by atoms with Crippen LogP contribution < -0.4 is 0 Å². The minimum absolute atomic E-state index is 0.146. The van der Waals surface area contributed by atoms with Gasteiger partial charge in [-0.05, 0) is 0 Å². The Balaban J connectivity index is 1.79. The van der Waals surface area contributed by atoms with Crippen LogP contribution in [0.4, 0.5) is 0 Å². The first-order valence-corrected chi connectivity index (χ1v) is 8.72. The molecule has 4 nitrogen and oxygen atoms in total. The number of imide groups is 1. The molecule has 2 aromatic rings. The first kappa shape index (κ1) is 13.1. The van der Waals surface area contributed by atoms with Crippen LogP contribution in [0, 0.1) is 6.92 Å². The van der Waals surface area contributed by atoms with Crippen LogP contribution in [0.5, 0.6) is 0 Å². The van der Waals surface area contributed by atoms with Crippen LogP contribution in [0.25, 0.3) is 0 Å². The standard InChI is InChI=1S/C15H13AsN2O2/c1-10-11(5-4-8-17-10)9-16-18-14(19)12-6-2-3-7-13(12)15(18)20/h2-8,16H,9H2,1H3. The Morgan fingerprint density at radius 1 is 1.05 bits per heavy atom. The number of carbonyl (C=O) groups is 2. The van der Waals surface area contributed by atoms with Crippen LogP contribution in [-0.4, -0.2) is 36.6 Å². The molecule has 0 spiro atoms. The van der Waals surface area contributed by atoms with Crippen molar-refractivity contribution >= 4 is 27.8 Å². The van der Waals surface area contributed by atoms with Crippen molar-refractivity contribution in [3.63, 3.8) is 0 Å². The Morgan fingerprint density at radius 2 is 1.70 bits per heavy atom. The summed E-state index contributed by atoms with van der Waals surface area (Å²) in [6.45, 7) is 1.95. The quantitative estimate of drug-likeness (QED) is 0.634. The Bertz CT molecular complexity index is 665. The second-order valence-corrected chi connectivity index (χ2v) is 6.92. The Kier molecular flexibility index (Phi) is 3.41. The zero-order valence-electron chi connectivity index (χ0n) is 11.0. The summed E-state index contributed by atoms with van der Waals surface area (Å²) in [5.74, 6) is -0.292. The number of amides is 2. The molecule has 20 heavy (non-hydrogen) atoms. The number of pyridine rings is 1. The van der Waals surface area contributed by atoms with E-state index in [0.29, 0.717) is 11.1 Å². The van der Waals surface area contributed by atoms with E-state index in [4.69, 9.17) is 0 Å². The molecule has 0 fully saturated rings. The summed E-state index contributed by atoms with van der Waals surface area (Å²) in [7, 11) is 0. The predicted octanol–water partition coefficient (Wildman–Crippen LogP) is 1.54. The van der Waals surface area contributed by atoms with Gasteiger partial charge in [-0.15, -0.1) is 0 Å². The average Bonchev–Trinajstić information content (AvgIpc) is 2.71. The van der Waals surface area contributed by atoms with E-state index in [1.165, 1.54) is 3.82 Å². The van der Waals surface area contributed by atoms with Crippen molar-refractivity contribution in [2.45, 2.75) is 12.1 Å². The Labute approximate surface area is 123 Å². The molecule has 100 valence electrons. The number of rotatable bonds is 3. The molecule has 1 unspecified atom stereocenters. The molecule has 2 heterocycles. The van der Waals surface area contributed by atoms with E-state index in [-0.39, 0.29) is 11.8 Å². The van der Waals surface area contributed by atoms with Gasteiger partial charge >= 0.3 is 123 Å². The Hall–Kier alpha value is -1.93. The summed E-state index contributed by atoms with van der Waals surface area (Å²) >= 11 is -0.858. The fraction of sp³-hybridized carbons (Fsp3) is 0.133. The molecule has 0 saturated heterocycles. The third kappa shape index (κ3) is 2.16. The molecule has 0 saturated carbocycles. The number of hydrogen-bond donors (Lipinski definition) is 0. The van der Waals surface area contributed by atoms with Crippen molar-refractivity contribution < 1.29 is 9.59 Å². The molecule has 3 rings (SSSR count). The zero-order valence-corrected chi connectivity index (χ0v) is 13.1. The first-order chi connectivity index (χ1) is 9.68. The van der Waals surface area contributed by atoms with Gasteiger partial charge in [0.15, 0.2) is 0 Å². The molecule has 0 bridgehead atoms. The van der Waals surface area contributed by atoms with Crippen LogP contribution in [0.2, 0.25) is 0 Å². The number of aryl methyl sites for hydroxylation is 1. The summed E-state index contributed by atoms with van der Waals surface area (Å²) in [6, 6.07) is 10.9. The van der Waals surface area contributed by atoms with E-state index < -0.39 is 16.0 Å². The van der Waals surface area contributed by atoms with E-state index >= 15 is 0 Å². The number of nitrogens with zero attached hydrogens (tertiary/aromatic N) is 2. The molecule has 0 N–H and O–H groups in total. The Morgan fingerprint density at radius 3 is 2.30 bits per heavy atom. The normalized spacial score (nSPS) is 14.3. The van der Waals surface area contributed by atoms with E-state index in [9.17, 15) is 9.59 Å². The topological polar surface area (TPSA) is 50.3 Å². The van der Waals surface area contributed by atoms with Crippen LogP contribution in [0.3, 0.4) is 0 Å². The molecule has 2 amide bonds. The van der Waals surface area contributed by atoms with Crippen molar-refractivity contribution in [1.29, 1.82) is 0 Å². The summed E-state index contributed by atoms with van der Waals surface area (Å²) in [6.07, 6.45) is 1.75. The van der Waals surface area contributed by atoms with Gasteiger partial charge in [-0.3, -0.25) is 0 Å². The van der Waals surface area contributed by atoms with Crippen molar-refractivity contribution in [2.75, 3.05) is 0 Å². The molecule has 1 aromatic carbocycles. The molecule has 5 heteroatoms. The van der Waals surface area contributed by atoms with E-state index in [0.717, 1.165) is 16.5 Å². The minimum atomic E-state index is -0.858. The summed E-state index contributed by atoms with van der Waals surface area (Å²) in [4.78, 5) is 28.7. The molecule has 0 aliphatic carbocycles. The second-order valence-electron chi connectivity index (χ2n) is 4.57. The fourth-order valence-electron chi connectivity index (χ4n) is 2.20. The van der Waals surface area contributed by atoms with Gasteiger partial charge in [0.05, 0.1) is 0 Å². The van der Waals surface area contributed by atoms with Crippen LogP contribution >= 0.6 is 0 Å². The van der Waals surface area contributed by atoms with Gasteiger partial charge in [0, 0.05) is 0 Å². The van der Waals surface area contributed by atoms with Gasteiger partial charge in [-0.1, -0.05) is 0 Å². The van der Waals surface area contributed by atoms with Crippen molar-refractivity contribution in [3.8, 4) is 0 Å². The predicted molar refractivity (Wildman–Crippen MR) is 76.8 cm³/mol. The molecular formula is C15H13AsN2O2. The van der Waals surface area contributed by atoms with Gasteiger partial charge in [0.2, 0.25) is 0 Å². The summed E-state index contributed by atoms with van der Waals surface area (Å²) in [5.41, 5.74) is 3.14. The zero-order chi connectivity index (χ0) is 14.1.